The van der Waals surface area contributed by atoms with Gasteiger partial charge in [0.25, 0.3) is 0 Å². The van der Waals surface area contributed by atoms with Gasteiger partial charge >= 0.3 is 0 Å². The summed E-state index contributed by atoms with van der Waals surface area (Å²) in [5.41, 5.74) is 1.14. The predicted octanol–water partition coefficient (Wildman–Crippen LogP) is 2.38. The molecule has 5 nitrogen and oxygen atoms in total. The maximum atomic E-state index is 12.9. The Kier molecular flexibility index (Phi) is 5.85. The van der Waals surface area contributed by atoms with Gasteiger partial charge in [0.15, 0.2) is 0 Å². The lowest BCUT2D eigenvalue weighted by molar-refractivity contribution is -0.135. The van der Waals surface area contributed by atoms with E-state index in [0.717, 1.165) is 38.4 Å². The van der Waals surface area contributed by atoms with E-state index in [4.69, 9.17) is 0 Å². The Morgan fingerprint density at radius 3 is 2.73 bits per heavy atom. The van der Waals surface area contributed by atoms with Crippen LogP contribution in [0.3, 0.4) is 0 Å². The van der Waals surface area contributed by atoms with E-state index in [1.165, 1.54) is 45.2 Å². The molecule has 142 valence electrons. The van der Waals surface area contributed by atoms with E-state index >= 15 is 0 Å². The number of carbonyl (C=O) groups excluding carboxylic acids is 1. The highest BCUT2D eigenvalue weighted by Gasteiger charge is 2.37. The molecular weight excluding hydrogens is 324 g/mol. The molecule has 5 heterocycles. The van der Waals surface area contributed by atoms with Gasteiger partial charge in [-0.05, 0) is 56.8 Å². The van der Waals surface area contributed by atoms with Crippen molar-refractivity contribution in [3.05, 3.63) is 30.1 Å². The second-order valence-electron chi connectivity index (χ2n) is 8.31. The molecule has 0 spiro atoms. The highest BCUT2D eigenvalue weighted by atomic mass is 16.2. The lowest BCUT2D eigenvalue weighted by Gasteiger charge is -2.37. The summed E-state index contributed by atoms with van der Waals surface area (Å²) in [6, 6.07) is 6.53. The van der Waals surface area contributed by atoms with Gasteiger partial charge in [0.05, 0.1) is 5.69 Å². The minimum absolute atomic E-state index is 0.380. The number of piperidine rings is 2. The summed E-state index contributed by atoms with van der Waals surface area (Å²) in [6.07, 6.45) is 8.95. The fourth-order valence-electron chi connectivity index (χ4n) is 4.91. The van der Waals surface area contributed by atoms with Crippen molar-refractivity contribution in [2.24, 2.45) is 5.92 Å². The molecule has 0 N–H and O–H groups in total. The third-order valence-corrected chi connectivity index (χ3v) is 6.31. The van der Waals surface area contributed by atoms with Gasteiger partial charge in [0, 0.05) is 51.4 Å². The molecule has 0 aromatic carbocycles. The first-order chi connectivity index (χ1) is 12.8. The topological polar surface area (TPSA) is 39.7 Å². The van der Waals surface area contributed by atoms with E-state index in [9.17, 15) is 4.79 Å². The molecule has 0 aliphatic carbocycles. The average molecular weight is 357 g/mol. The minimum atomic E-state index is 0.380. The number of hydrogen-bond donors (Lipinski definition) is 0. The molecule has 26 heavy (non-hydrogen) atoms. The lowest BCUT2D eigenvalue weighted by atomic mass is 9.94. The summed E-state index contributed by atoms with van der Waals surface area (Å²) in [4.78, 5) is 24.6. The fourth-order valence-corrected chi connectivity index (χ4v) is 4.91. The van der Waals surface area contributed by atoms with E-state index < -0.39 is 0 Å². The molecule has 4 aliphatic rings. The number of hydrogen-bond acceptors (Lipinski definition) is 4. The molecule has 1 aromatic rings. The molecule has 0 unspecified atom stereocenters. The quantitative estimate of drug-likeness (QED) is 0.812. The van der Waals surface area contributed by atoms with Crippen LogP contribution in [0.1, 0.15) is 44.2 Å². The van der Waals surface area contributed by atoms with Crippen molar-refractivity contribution in [3.8, 4) is 0 Å². The number of likely N-dealkylation sites (tertiary alicyclic amines) is 1. The van der Waals surface area contributed by atoms with Crippen LogP contribution in [0.5, 0.6) is 0 Å². The predicted molar refractivity (Wildman–Crippen MR) is 103 cm³/mol. The van der Waals surface area contributed by atoms with Crippen LogP contribution in [0.25, 0.3) is 0 Å². The summed E-state index contributed by atoms with van der Waals surface area (Å²) in [5.74, 6) is 1.00. The zero-order valence-electron chi connectivity index (χ0n) is 15.9. The smallest absolute Gasteiger partial charge is 0.224 e. The van der Waals surface area contributed by atoms with Crippen LogP contribution >= 0.6 is 0 Å². The first-order valence-corrected chi connectivity index (χ1v) is 10.4. The Morgan fingerprint density at radius 1 is 1.04 bits per heavy atom. The second kappa shape index (κ2) is 8.49. The highest BCUT2D eigenvalue weighted by Crippen LogP contribution is 2.29. The fraction of sp³-hybridized carbons (Fsp3) is 0.714. The van der Waals surface area contributed by atoms with Gasteiger partial charge in [-0.2, -0.15) is 0 Å². The first-order valence-electron chi connectivity index (χ1n) is 10.4. The lowest BCUT2D eigenvalue weighted by Crippen LogP contribution is -2.48. The summed E-state index contributed by atoms with van der Waals surface area (Å²) >= 11 is 0. The van der Waals surface area contributed by atoms with Crippen LogP contribution in [0.2, 0.25) is 0 Å². The van der Waals surface area contributed by atoms with E-state index in [1.807, 2.05) is 12.3 Å². The number of fused-ring (bicyclic) bond motifs is 4. The Bertz CT molecular complexity index is 587. The number of pyridine rings is 1. The molecule has 0 saturated carbocycles. The normalized spacial score (nSPS) is 27.5. The molecule has 5 heteroatoms. The molecule has 4 aliphatic heterocycles. The second-order valence-corrected chi connectivity index (χ2v) is 8.31. The monoisotopic (exact) mass is 356 g/mol. The summed E-state index contributed by atoms with van der Waals surface area (Å²) in [5, 5.41) is 0. The highest BCUT2D eigenvalue weighted by molar-refractivity contribution is 5.77. The van der Waals surface area contributed by atoms with Crippen molar-refractivity contribution < 1.29 is 4.79 Å². The Balaban J connectivity index is 1.33. The zero-order chi connectivity index (χ0) is 17.8. The van der Waals surface area contributed by atoms with Crippen molar-refractivity contribution in [2.75, 3.05) is 39.3 Å². The molecule has 4 saturated heterocycles. The molecule has 2 bridgehead atoms. The summed E-state index contributed by atoms with van der Waals surface area (Å²) in [6.45, 7) is 7.27. The van der Waals surface area contributed by atoms with Crippen LogP contribution in [0.4, 0.5) is 0 Å². The third-order valence-electron chi connectivity index (χ3n) is 6.31. The van der Waals surface area contributed by atoms with Crippen molar-refractivity contribution in [3.63, 3.8) is 0 Å². The molecule has 0 radical (unpaired) electrons. The standard InChI is InChI=1S/C21H32N4O/c26-21(9-13-23-11-4-1-5-12-23)25-15-18-7-8-20(25)17-24(14-18)16-19-6-2-3-10-22-19/h2-3,6,10,18,20H,1,4-5,7-9,11-17H2/t18-,20+/m0/s1. The van der Waals surface area contributed by atoms with Crippen molar-refractivity contribution in [2.45, 2.75) is 51.1 Å². The van der Waals surface area contributed by atoms with Crippen molar-refractivity contribution >= 4 is 5.91 Å². The molecule has 5 rings (SSSR count). The number of nitrogens with zero attached hydrogens (tertiary/aromatic N) is 4. The van der Waals surface area contributed by atoms with Gasteiger partial charge < -0.3 is 9.80 Å². The molecule has 4 fully saturated rings. The molecular formula is C21H32N4O. The van der Waals surface area contributed by atoms with E-state index in [1.54, 1.807) is 0 Å². The van der Waals surface area contributed by atoms with Crippen molar-refractivity contribution in [1.29, 1.82) is 0 Å². The van der Waals surface area contributed by atoms with Gasteiger partial charge in [-0.3, -0.25) is 14.7 Å². The summed E-state index contributed by atoms with van der Waals surface area (Å²) in [7, 11) is 0. The van der Waals surface area contributed by atoms with Crippen LogP contribution in [-0.2, 0) is 11.3 Å². The summed E-state index contributed by atoms with van der Waals surface area (Å²) < 4.78 is 0. The third kappa shape index (κ3) is 4.44. The van der Waals surface area contributed by atoms with E-state index in [-0.39, 0.29) is 0 Å². The first kappa shape index (κ1) is 17.9. The molecule has 1 aromatic heterocycles. The van der Waals surface area contributed by atoms with Crippen LogP contribution in [0.15, 0.2) is 24.4 Å². The van der Waals surface area contributed by atoms with E-state index in [0.29, 0.717) is 24.3 Å². The van der Waals surface area contributed by atoms with Gasteiger partial charge in [-0.15, -0.1) is 0 Å². The molecule has 1 amide bonds. The van der Waals surface area contributed by atoms with Crippen LogP contribution in [-0.4, -0.2) is 70.9 Å². The Morgan fingerprint density at radius 2 is 1.92 bits per heavy atom. The maximum Gasteiger partial charge on any atom is 0.224 e. The van der Waals surface area contributed by atoms with Crippen molar-refractivity contribution in [1.82, 2.24) is 19.7 Å². The molecule has 2 atom stereocenters. The van der Waals surface area contributed by atoms with E-state index in [2.05, 4.69) is 31.8 Å². The van der Waals surface area contributed by atoms with Gasteiger partial charge in [0.1, 0.15) is 0 Å². The number of amides is 1. The maximum absolute atomic E-state index is 12.9. The SMILES string of the molecule is O=C(CCN1CCCCC1)N1C[C@H]2CC[C@@H]1CN(Cc1ccccn1)C2. The van der Waals surface area contributed by atoms with Crippen LogP contribution < -0.4 is 0 Å². The number of aromatic nitrogens is 1. The largest absolute Gasteiger partial charge is 0.338 e. The minimum Gasteiger partial charge on any atom is -0.338 e. The van der Waals surface area contributed by atoms with Gasteiger partial charge in [-0.25, -0.2) is 0 Å². The van der Waals surface area contributed by atoms with Gasteiger partial charge in [-0.1, -0.05) is 12.5 Å². The number of carbonyl (C=O) groups is 1. The Hall–Kier alpha value is -1.46. The average Bonchev–Trinajstić information content (AvgIpc) is 2.98. The van der Waals surface area contributed by atoms with Gasteiger partial charge in [0.2, 0.25) is 5.91 Å². The zero-order valence-corrected chi connectivity index (χ0v) is 15.9. The van der Waals surface area contributed by atoms with Crippen LogP contribution in [0, 0.1) is 5.92 Å². The number of rotatable bonds is 5. The Labute approximate surface area is 157 Å².